The molecular weight excluding hydrogens is 280 g/mol. The Labute approximate surface area is 113 Å². The van der Waals surface area contributed by atoms with Crippen LogP contribution in [0.3, 0.4) is 0 Å². The third-order valence-corrected chi connectivity index (χ3v) is 3.77. The average molecular weight is 303 g/mol. The molecule has 4 nitrogen and oxygen atoms in total. The highest BCUT2D eigenvalue weighted by Gasteiger charge is 2.13. The standard InChI is InChI=1S/C12H23BrN4/c1-6-10-12(13)11(17(5)14-10)9-16(4)8-7-15(2)3/h6-9H2,1-5H3. The third-order valence-electron chi connectivity index (χ3n) is 2.85. The Morgan fingerprint density at radius 1 is 1.24 bits per heavy atom. The largest absolute Gasteiger partial charge is 0.308 e. The quantitative estimate of drug-likeness (QED) is 0.800. The van der Waals surface area contributed by atoms with Crippen LogP contribution in [0.5, 0.6) is 0 Å². The molecule has 0 aliphatic heterocycles. The SMILES string of the molecule is CCc1nn(C)c(CN(C)CCN(C)C)c1Br. The normalized spacial score (nSPS) is 11.8. The smallest absolute Gasteiger partial charge is 0.0767 e. The van der Waals surface area contributed by atoms with Gasteiger partial charge in [0, 0.05) is 26.7 Å². The lowest BCUT2D eigenvalue weighted by molar-refractivity contribution is 0.270. The van der Waals surface area contributed by atoms with Crippen molar-refractivity contribution in [2.24, 2.45) is 7.05 Å². The molecule has 0 spiro atoms. The van der Waals surface area contributed by atoms with Crippen LogP contribution in [0.25, 0.3) is 0 Å². The van der Waals surface area contributed by atoms with Gasteiger partial charge in [-0.1, -0.05) is 6.92 Å². The molecule has 0 bridgehead atoms. The van der Waals surface area contributed by atoms with E-state index >= 15 is 0 Å². The fourth-order valence-corrected chi connectivity index (χ4v) is 2.44. The summed E-state index contributed by atoms with van der Waals surface area (Å²) in [5.41, 5.74) is 2.40. The number of hydrogen-bond donors (Lipinski definition) is 0. The summed E-state index contributed by atoms with van der Waals surface area (Å²) >= 11 is 3.65. The molecule has 0 radical (unpaired) electrons. The van der Waals surface area contributed by atoms with E-state index in [9.17, 15) is 0 Å². The highest BCUT2D eigenvalue weighted by molar-refractivity contribution is 9.10. The van der Waals surface area contributed by atoms with Crippen molar-refractivity contribution in [2.75, 3.05) is 34.2 Å². The van der Waals surface area contributed by atoms with Crippen LogP contribution in [0, 0.1) is 0 Å². The molecule has 1 aromatic heterocycles. The summed E-state index contributed by atoms with van der Waals surface area (Å²) in [5, 5.41) is 4.51. The van der Waals surface area contributed by atoms with Gasteiger partial charge in [-0.2, -0.15) is 5.10 Å². The Hall–Kier alpha value is -0.390. The second-order valence-corrected chi connectivity index (χ2v) is 5.52. The minimum atomic E-state index is 0.928. The van der Waals surface area contributed by atoms with Crippen LogP contribution < -0.4 is 0 Å². The number of likely N-dealkylation sites (N-methyl/N-ethyl adjacent to an activating group) is 2. The zero-order chi connectivity index (χ0) is 13.0. The molecule has 1 heterocycles. The monoisotopic (exact) mass is 302 g/mol. The molecule has 1 aromatic rings. The molecule has 0 amide bonds. The van der Waals surface area contributed by atoms with Crippen LogP contribution in [-0.2, 0) is 20.0 Å². The summed E-state index contributed by atoms with van der Waals surface area (Å²) in [7, 11) is 8.36. The lowest BCUT2D eigenvalue weighted by Gasteiger charge is -2.19. The molecule has 0 aliphatic carbocycles. The van der Waals surface area contributed by atoms with Gasteiger partial charge in [-0.15, -0.1) is 0 Å². The Morgan fingerprint density at radius 3 is 2.35 bits per heavy atom. The molecule has 98 valence electrons. The van der Waals surface area contributed by atoms with Gasteiger partial charge in [-0.3, -0.25) is 9.58 Å². The Morgan fingerprint density at radius 2 is 1.88 bits per heavy atom. The Kier molecular flexibility index (Phi) is 5.62. The summed E-state index contributed by atoms with van der Waals surface area (Å²) in [5.74, 6) is 0. The van der Waals surface area contributed by atoms with Gasteiger partial charge < -0.3 is 4.90 Å². The Bertz CT molecular complexity index is 360. The second kappa shape index (κ2) is 6.52. The maximum absolute atomic E-state index is 4.51. The van der Waals surface area contributed by atoms with Crippen LogP contribution in [-0.4, -0.2) is 53.8 Å². The van der Waals surface area contributed by atoms with Crippen molar-refractivity contribution < 1.29 is 0 Å². The van der Waals surface area contributed by atoms with E-state index in [-0.39, 0.29) is 0 Å². The topological polar surface area (TPSA) is 24.3 Å². The molecular formula is C12H23BrN4. The van der Waals surface area contributed by atoms with E-state index in [1.165, 1.54) is 10.2 Å². The van der Waals surface area contributed by atoms with Crippen LogP contribution in [0.1, 0.15) is 18.3 Å². The first-order valence-electron chi connectivity index (χ1n) is 5.99. The van der Waals surface area contributed by atoms with Crippen molar-refractivity contribution in [1.82, 2.24) is 19.6 Å². The van der Waals surface area contributed by atoms with Crippen molar-refractivity contribution in [3.63, 3.8) is 0 Å². The van der Waals surface area contributed by atoms with E-state index < -0.39 is 0 Å². The van der Waals surface area contributed by atoms with E-state index in [0.717, 1.165) is 31.7 Å². The number of aryl methyl sites for hydroxylation is 2. The highest BCUT2D eigenvalue weighted by Crippen LogP contribution is 2.22. The summed E-state index contributed by atoms with van der Waals surface area (Å²) in [4.78, 5) is 4.52. The van der Waals surface area contributed by atoms with E-state index in [0.29, 0.717) is 0 Å². The van der Waals surface area contributed by atoms with Gasteiger partial charge >= 0.3 is 0 Å². The predicted molar refractivity (Wildman–Crippen MR) is 75.2 cm³/mol. The predicted octanol–water partition coefficient (Wildman–Crippen LogP) is 1.74. The number of hydrogen-bond acceptors (Lipinski definition) is 3. The summed E-state index contributed by atoms with van der Waals surface area (Å²) < 4.78 is 3.15. The van der Waals surface area contributed by atoms with Gasteiger partial charge in [0.1, 0.15) is 0 Å². The van der Waals surface area contributed by atoms with E-state index in [1.54, 1.807) is 0 Å². The number of aromatic nitrogens is 2. The maximum atomic E-state index is 4.51. The first-order valence-corrected chi connectivity index (χ1v) is 6.78. The first-order chi connectivity index (χ1) is 7.95. The molecule has 0 saturated carbocycles. The van der Waals surface area contributed by atoms with Crippen molar-refractivity contribution in [3.8, 4) is 0 Å². The third kappa shape index (κ3) is 4.08. The maximum Gasteiger partial charge on any atom is 0.0767 e. The highest BCUT2D eigenvalue weighted by atomic mass is 79.9. The van der Waals surface area contributed by atoms with E-state index in [2.05, 4.69) is 58.9 Å². The average Bonchev–Trinajstić information content (AvgIpc) is 2.53. The van der Waals surface area contributed by atoms with Gasteiger partial charge in [0.2, 0.25) is 0 Å². The van der Waals surface area contributed by atoms with E-state index in [1.807, 2.05) is 11.7 Å². The van der Waals surface area contributed by atoms with Crippen molar-refractivity contribution in [1.29, 1.82) is 0 Å². The van der Waals surface area contributed by atoms with Gasteiger partial charge in [-0.25, -0.2) is 0 Å². The number of rotatable bonds is 6. The number of halogens is 1. The van der Waals surface area contributed by atoms with Gasteiger partial charge in [0.05, 0.1) is 15.9 Å². The van der Waals surface area contributed by atoms with Gasteiger partial charge in [0.25, 0.3) is 0 Å². The van der Waals surface area contributed by atoms with Crippen LogP contribution in [0.15, 0.2) is 4.47 Å². The summed E-state index contributed by atoms with van der Waals surface area (Å²) in [6.45, 7) is 5.20. The minimum absolute atomic E-state index is 0.928. The van der Waals surface area contributed by atoms with Gasteiger partial charge in [0.15, 0.2) is 0 Å². The number of nitrogens with zero attached hydrogens (tertiary/aromatic N) is 4. The molecule has 0 unspecified atom stereocenters. The molecule has 5 heteroatoms. The lowest BCUT2D eigenvalue weighted by atomic mass is 10.3. The van der Waals surface area contributed by atoms with Crippen molar-refractivity contribution >= 4 is 15.9 Å². The Balaban J connectivity index is 2.64. The lowest BCUT2D eigenvalue weighted by Crippen LogP contribution is -2.29. The molecule has 1 rings (SSSR count). The van der Waals surface area contributed by atoms with Crippen LogP contribution >= 0.6 is 15.9 Å². The van der Waals surface area contributed by atoms with Crippen LogP contribution in [0.4, 0.5) is 0 Å². The molecule has 0 N–H and O–H groups in total. The molecule has 0 atom stereocenters. The fraction of sp³-hybridized carbons (Fsp3) is 0.750. The summed E-state index contributed by atoms with van der Waals surface area (Å²) in [6.07, 6.45) is 0.968. The summed E-state index contributed by atoms with van der Waals surface area (Å²) in [6, 6.07) is 0. The molecule has 0 aliphatic rings. The fourth-order valence-electron chi connectivity index (χ4n) is 1.70. The van der Waals surface area contributed by atoms with Gasteiger partial charge in [-0.05, 0) is 43.5 Å². The minimum Gasteiger partial charge on any atom is -0.308 e. The molecule has 0 saturated heterocycles. The van der Waals surface area contributed by atoms with Crippen molar-refractivity contribution in [2.45, 2.75) is 19.9 Å². The second-order valence-electron chi connectivity index (χ2n) is 4.73. The zero-order valence-corrected chi connectivity index (χ0v) is 13.1. The molecule has 0 fully saturated rings. The van der Waals surface area contributed by atoms with Crippen LogP contribution in [0.2, 0.25) is 0 Å². The molecule has 0 aromatic carbocycles. The first kappa shape index (κ1) is 14.7. The molecule has 17 heavy (non-hydrogen) atoms. The zero-order valence-electron chi connectivity index (χ0n) is 11.5. The van der Waals surface area contributed by atoms with Crippen molar-refractivity contribution in [3.05, 3.63) is 15.9 Å². The van der Waals surface area contributed by atoms with E-state index in [4.69, 9.17) is 0 Å².